The molecule has 1 aliphatic rings. The summed E-state index contributed by atoms with van der Waals surface area (Å²) >= 11 is 0. The molecule has 0 aliphatic carbocycles. The second kappa shape index (κ2) is 5.29. The molecule has 3 heteroatoms. The predicted octanol–water partition coefficient (Wildman–Crippen LogP) is 2.43. The van der Waals surface area contributed by atoms with Gasteiger partial charge in [0, 0.05) is 24.8 Å². The second-order valence-corrected chi connectivity index (χ2v) is 5.10. The third kappa shape index (κ3) is 2.83. The van der Waals surface area contributed by atoms with Crippen molar-refractivity contribution in [1.82, 2.24) is 9.88 Å². The van der Waals surface area contributed by atoms with E-state index >= 15 is 0 Å². The number of rotatable bonds is 2. The smallest absolute Gasteiger partial charge is 0.144 e. The van der Waals surface area contributed by atoms with Crippen LogP contribution in [0.1, 0.15) is 31.5 Å². The minimum absolute atomic E-state index is 0.568. The van der Waals surface area contributed by atoms with Crippen molar-refractivity contribution in [3.8, 4) is 6.07 Å². The van der Waals surface area contributed by atoms with Crippen LogP contribution in [0.3, 0.4) is 0 Å². The third-order valence-corrected chi connectivity index (χ3v) is 3.81. The standard InChI is InChI=1S/C14H19N3/c1-11-5-7-17(9-12(11)2)10-13-4-3-6-16-14(13)8-15/h3-4,6,11-12H,5,7,9-10H2,1-2H3. The Labute approximate surface area is 103 Å². The molecule has 0 aromatic carbocycles. The summed E-state index contributed by atoms with van der Waals surface area (Å²) in [6.07, 6.45) is 2.94. The summed E-state index contributed by atoms with van der Waals surface area (Å²) in [6, 6.07) is 6.08. The van der Waals surface area contributed by atoms with E-state index in [1.165, 1.54) is 6.42 Å². The number of nitrogens with zero attached hydrogens (tertiary/aromatic N) is 3. The Kier molecular flexibility index (Phi) is 3.75. The summed E-state index contributed by atoms with van der Waals surface area (Å²) in [5, 5.41) is 9.01. The van der Waals surface area contributed by atoms with Crippen LogP contribution in [0.4, 0.5) is 0 Å². The zero-order chi connectivity index (χ0) is 12.3. The lowest BCUT2D eigenvalue weighted by atomic mass is 9.88. The molecule has 2 unspecified atom stereocenters. The molecule has 1 fully saturated rings. The SMILES string of the molecule is CC1CCN(Cc2cccnc2C#N)CC1C. The van der Waals surface area contributed by atoms with Crippen molar-refractivity contribution in [1.29, 1.82) is 5.26 Å². The van der Waals surface area contributed by atoms with Gasteiger partial charge in [-0.2, -0.15) is 5.26 Å². The van der Waals surface area contributed by atoms with Crippen molar-refractivity contribution in [2.45, 2.75) is 26.8 Å². The van der Waals surface area contributed by atoms with E-state index in [1.54, 1.807) is 6.20 Å². The summed E-state index contributed by atoms with van der Waals surface area (Å²) in [6.45, 7) is 7.75. The highest BCUT2D eigenvalue weighted by atomic mass is 15.1. The van der Waals surface area contributed by atoms with E-state index in [4.69, 9.17) is 5.26 Å². The van der Waals surface area contributed by atoms with Crippen LogP contribution in [-0.4, -0.2) is 23.0 Å². The maximum absolute atomic E-state index is 9.01. The molecule has 1 aliphatic heterocycles. The lowest BCUT2D eigenvalue weighted by molar-refractivity contribution is 0.132. The lowest BCUT2D eigenvalue weighted by Gasteiger charge is -2.35. The predicted molar refractivity (Wildman–Crippen MR) is 67.2 cm³/mol. The largest absolute Gasteiger partial charge is 0.299 e. The van der Waals surface area contributed by atoms with Crippen LogP contribution in [0.5, 0.6) is 0 Å². The van der Waals surface area contributed by atoms with Gasteiger partial charge in [-0.25, -0.2) is 4.98 Å². The van der Waals surface area contributed by atoms with Crippen LogP contribution in [0, 0.1) is 23.2 Å². The van der Waals surface area contributed by atoms with Gasteiger partial charge in [0.1, 0.15) is 11.8 Å². The fraction of sp³-hybridized carbons (Fsp3) is 0.571. The van der Waals surface area contributed by atoms with Crippen LogP contribution >= 0.6 is 0 Å². The number of hydrogen-bond acceptors (Lipinski definition) is 3. The fourth-order valence-corrected chi connectivity index (χ4v) is 2.40. The number of pyridine rings is 1. The van der Waals surface area contributed by atoms with E-state index in [2.05, 4.69) is 29.8 Å². The fourth-order valence-electron chi connectivity index (χ4n) is 2.40. The molecule has 0 amide bonds. The van der Waals surface area contributed by atoms with Gasteiger partial charge in [0.15, 0.2) is 0 Å². The summed E-state index contributed by atoms with van der Waals surface area (Å²) < 4.78 is 0. The Balaban J connectivity index is 2.04. The van der Waals surface area contributed by atoms with Crippen molar-refractivity contribution >= 4 is 0 Å². The van der Waals surface area contributed by atoms with Gasteiger partial charge in [-0.1, -0.05) is 19.9 Å². The quantitative estimate of drug-likeness (QED) is 0.782. The topological polar surface area (TPSA) is 39.9 Å². The van der Waals surface area contributed by atoms with Gasteiger partial charge < -0.3 is 0 Å². The van der Waals surface area contributed by atoms with Crippen molar-refractivity contribution in [3.63, 3.8) is 0 Å². The average molecular weight is 229 g/mol. The molecule has 90 valence electrons. The first-order valence-corrected chi connectivity index (χ1v) is 6.27. The van der Waals surface area contributed by atoms with Crippen molar-refractivity contribution in [3.05, 3.63) is 29.6 Å². The molecule has 0 radical (unpaired) electrons. The first-order valence-electron chi connectivity index (χ1n) is 6.27. The zero-order valence-corrected chi connectivity index (χ0v) is 10.6. The van der Waals surface area contributed by atoms with Gasteiger partial charge in [0.2, 0.25) is 0 Å². The number of nitriles is 1. The minimum atomic E-state index is 0.568. The molecular weight excluding hydrogens is 210 g/mol. The van der Waals surface area contributed by atoms with Gasteiger partial charge >= 0.3 is 0 Å². The highest BCUT2D eigenvalue weighted by Crippen LogP contribution is 2.23. The number of aromatic nitrogens is 1. The zero-order valence-electron chi connectivity index (χ0n) is 10.6. The Morgan fingerprint density at radius 2 is 2.29 bits per heavy atom. The monoisotopic (exact) mass is 229 g/mol. The highest BCUT2D eigenvalue weighted by molar-refractivity contribution is 5.30. The Bertz CT molecular complexity index is 422. The molecule has 0 spiro atoms. The molecule has 3 nitrogen and oxygen atoms in total. The molecule has 2 atom stereocenters. The summed E-state index contributed by atoms with van der Waals surface area (Å²) in [5.74, 6) is 1.56. The molecule has 1 aromatic rings. The first kappa shape index (κ1) is 12.1. The summed E-state index contributed by atoms with van der Waals surface area (Å²) in [4.78, 5) is 6.54. The van der Waals surface area contributed by atoms with Crippen molar-refractivity contribution in [2.24, 2.45) is 11.8 Å². The molecule has 17 heavy (non-hydrogen) atoms. The van der Waals surface area contributed by atoms with E-state index in [0.29, 0.717) is 5.69 Å². The Morgan fingerprint density at radius 1 is 1.47 bits per heavy atom. The second-order valence-electron chi connectivity index (χ2n) is 5.10. The van der Waals surface area contributed by atoms with E-state index in [-0.39, 0.29) is 0 Å². The number of piperidine rings is 1. The van der Waals surface area contributed by atoms with Gasteiger partial charge in [-0.15, -0.1) is 0 Å². The lowest BCUT2D eigenvalue weighted by Crippen LogP contribution is -2.38. The van der Waals surface area contributed by atoms with Crippen LogP contribution in [0.25, 0.3) is 0 Å². The molecule has 1 saturated heterocycles. The summed E-state index contributed by atoms with van der Waals surface area (Å²) in [5.41, 5.74) is 1.62. The summed E-state index contributed by atoms with van der Waals surface area (Å²) in [7, 11) is 0. The molecule has 0 bridgehead atoms. The van der Waals surface area contributed by atoms with Crippen LogP contribution in [0.2, 0.25) is 0 Å². The van der Waals surface area contributed by atoms with Crippen molar-refractivity contribution < 1.29 is 0 Å². The normalized spacial score (nSPS) is 25.5. The Morgan fingerprint density at radius 3 is 3.00 bits per heavy atom. The molecule has 0 N–H and O–H groups in total. The van der Waals surface area contributed by atoms with E-state index < -0.39 is 0 Å². The average Bonchev–Trinajstić information content (AvgIpc) is 2.34. The molecular formula is C14H19N3. The van der Waals surface area contributed by atoms with E-state index in [0.717, 1.165) is 37.0 Å². The van der Waals surface area contributed by atoms with E-state index in [1.807, 2.05) is 12.1 Å². The van der Waals surface area contributed by atoms with Gasteiger partial charge in [-0.3, -0.25) is 4.90 Å². The maximum atomic E-state index is 9.01. The van der Waals surface area contributed by atoms with E-state index in [9.17, 15) is 0 Å². The molecule has 0 saturated carbocycles. The van der Waals surface area contributed by atoms with Crippen LogP contribution in [0.15, 0.2) is 18.3 Å². The highest BCUT2D eigenvalue weighted by Gasteiger charge is 2.23. The number of likely N-dealkylation sites (tertiary alicyclic amines) is 1. The third-order valence-electron chi connectivity index (χ3n) is 3.81. The minimum Gasteiger partial charge on any atom is -0.299 e. The Hall–Kier alpha value is -1.40. The maximum Gasteiger partial charge on any atom is 0.144 e. The van der Waals surface area contributed by atoms with Gasteiger partial charge in [0.25, 0.3) is 0 Å². The molecule has 1 aromatic heterocycles. The van der Waals surface area contributed by atoms with Crippen LogP contribution in [-0.2, 0) is 6.54 Å². The van der Waals surface area contributed by atoms with Gasteiger partial charge in [0.05, 0.1) is 0 Å². The van der Waals surface area contributed by atoms with Crippen LogP contribution < -0.4 is 0 Å². The number of hydrogen-bond donors (Lipinski definition) is 0. The molecule has 2 rings (SSSR count). The van der Waals surface area contributed by atoms with Crippen molar-refractivity contribution in [2.75, 3.05) is 13.1 Å². The molecule has 2 heterocycles. The first-order chi connectivity index (χ1) is 8.20. The van der Waals surface area contributed by atoms with Gasteiger partial charge in [-0.05, 0) is 30.9 Å².